The summed E-state index contributed by atoms with van der Waals surface area (Å²) in [5, 5.41) is 23.5. The third-order valence-electron chi connectivity index (χ3n) is 6.79. The third kappa shape index (κ3) is 4.02. The van der Waals surface area contributed by atoms with Crippen molar-refractivity contribution in [1.29, 1.82) is 0 Å². The zero-order valence-electron chi connectivity index (χ0n) is 19.8. The first-order valence-corrected chi connectivity index (χ1v) is 11.6. The molecular weight excluding hydrogens is 458 g/mol. The lowest BCUT2D eigenvalue weighted by Gasteiger charge is -2.26. The number of fused-ring (bicyclic) bond motifs is 2. The van der Waals surface area contributed by atoms with E-state index in [1.807, 2.05) is 22.8 Å². The minimum absolute atomic E-state index is 0. The monoisotopic (exact) mass is 488 g/mol. The summed E-state index contributed by atoms with van der Waals surface area (Å²) in [7, 11) is 0. The van der Waals surface area contributed by atoms with Crippen LogP contribution in [0.1, 0.15) is 52.3 Å². The Balaban J connectivity index is 0.00000304. The van der Waals surface area contributed by atoms with Crippen LogP contribution >= 0.6 is 0 Å². The highest BCUT2D eigenvalue weighted by atomic mass is 19.3. The topological polar surface area (TPSA) is 93.0 Å². The summed E-state index contributed by atoms with van der Waals surface area (Å²) >= 11 is 0. The number of nitrogens with one attached hydrogen (secondary N) is 1. The fourth-order valence-corrected chi connectivity index (χ4v) is 4.78. The number of alkyl halides is 2. The summed E-state index contributed by atoms with van der Waals surface area (Å²) < 4.78 is 37.8. The molecule has 1 aliphatic carbocycles. The van der Waals surface area contributed by atoms with Gasteiger partial charge in [-0.3, -0.25) is 4.79 Å². The predicted molar refractivity (Wildman–Crippen MR) is 128 cm³/mol. The van der Waals surface area contributed by atoms with E-state index in [0.29, 0.717) is 24.1 Å². The van der Waals surface area contributed by atoms with Crippen LogP contribution in [-0.4, -0.2) is 40.2 Å². The van der Waals surface area contributed by atoms with Gasteiger partial charge in [0.2, 0.25) is 5.91 Å². The molecule has 9 heteroatoms. The van der Waals surface area contributed by atoms with Crippen molar-refractivity contribution in [3.05, 3.63) is 53.7 Å². The van der Waals surface area contributed by atoms with E-state index in [4.69, 9.17) is 0 Å². The normalized spacial score (nSPS) is 17.7. The Morgan fingerprint density at radius 2 is 1.77 bits per heavy atom. The number of nitrogens with zero attached hydrogens (tertiary/aromatic N) is 1. The lowest BCUT2D eigenvalue weighted by Crippen LogP contribution is -2.28. The summed E-state index contributed by atoms with van der Waals surface area (Å²) in [6, 6.07) is 11.5. The number of aliphatic hydroxyl groups is 2. The van der Waals surface area contributed by atoms with Gasteiger partial charge < -0.3 is 29.6 Å². The van der Waals surface area contributed by atoms with Crippen LogP contribution in [0.3, 0.4) is 0 Å². The van der Waals surface area contributed by atoms with Crippen molar-refractivity contribution in [2.75, 3.05) is 18.5 Å². The Hall–Kier alpha value is -3.17. The number of aliphatic hydroxyl groups excluding tert-OH is 2. The van der Waals surface area contributed by atoms with Crippen molar-refractivity contribution in [2.45, 2.75) is 56.8 Å². The molecule has 7 nitrogen and oxygen atoms in total. The van der Waals surface area contributed by atoms with Gasteiger partial charge in [-0.25, -0.2) is 0 Å². The predicted octanol–water partition coefficient (Wildman–Crippen LogP) is 4.70. The van der Waals surface area contributed by atoms with Gasteiger partial charge in [0.25, 0.3) is 0 Å². The van der Waals surface area contributed by atoms with Crippen molar-refractivity contribution < 1.29 is 34.7 Å². The van der Waals surface area contributed by atoms with Crippen molar-refractivity contribution in [2.24, 2.45) is 0 Å². The van der Waals surface area contributed by atoms with Gasteiger partial charge in [0, 0.05) is 29.1 Å². The van der Waals surface area contributed by atoms with Crippen molar-refractivity contribution >= 4 is 22.5 Å². The number of carbonyl (C=O) groups is 1. The number of aromatic nitrogens is 1. The average molecular weight is 489 g/mol. The number of carbonyl (C=O) groups excluding carboxylic acids is 1. The smallest absolute Gasteiger partial charge is 0.395 e. The van der Waals surface area contributed by atoms with Gasteiger partial charge in [-0.2, -0.15) is 0 Å². The molecule has 5 rings (SSSR count). The second-order valence-corrected chi connectivity index (χ2v) is 10.3. The number of benzene rings is 2. The van der Waals surface area contributed by atoms with Gasteiger partial charge in [0.15, 0.2) is 11.5 Å². The summed E-state index contributed by atoms with van der Waals surface area (Å²) in [4.78, 5) is 13.3. The van der Waals surface area contributed by atoms with Gasteiger partial charge in [0.05, 0.1) is 24.7 Å². The molecule has 0 atom stereocenters. The van der Waals surface area contributed by atoms with Gasteiger partial charge >= 0.3 is 6.29 Å². The van der Waals surface area contributed by atoms with E-state index in [1.54, 1.807) is 12.1 Å². The minimum Gasteiger partial charge on any atom is -0.395 e. The summed E-state index contributed by atoms with van der Waals surface area (Å²) in [6.45, 7) is 5.77. The average Bonchev–Trinajstić information content (AvgIpc) is 3.42. The molecule has 0 saturated heterocycles. The Kier molecular flexibility index (Phi) is 5.34. The van der Waals surface area contributed by atoms with E-state index in [9.17, 15) is 23.8 Å². The highest BCUT2D eigenvalue weighted by Crippen LogP contribution is 2.52. The number of amides is 1. The minimum atomic E-state index is -3.71. The molecule has 3 aromatic rings. The van der Waals surface area contributed by atoms with Crippen molar-refractivity contribution in [3.63, 3.8) is 0 Å². The lowest BCUT2D eigenvalue weighted by molar-refractivity contribution is -0.286. The number of ether oxygens (including phenoxy) is 2. The largest absolute Gasteiger partial charge is 0.586 e. The molecule has 3 N–H and O–H groups in total. The number of hydrogen-bond donors (Lipinski definition) is 3. The van der Waals surface area contributed by atoms with Gasteiger partial charge in [-0.05, 0) is 54.8 Å². The first-order chi connectivity index (χ1) is 16.5. The molecule has 1 aliphatic heterocycles. The Morgan fingerprint density at radius 3 is 2.40 bits per heavy atom. The molecule has 0 bridgehead atoms. The van der Waals surface area contributed by atoms with Crippen molar-refractivity contribution in [3.8, 4) is 11.5 Å². The van der Waals surface area contributed by atoms with Crippen LogP contribution in [0, 0.1) is 0 Å². The molecule has 35 heavy (non-hydrogen) atoms. The first kappa shape index (κ1) is 23.6. The number of hydrogen-bond acceptors (Lipinski definition) is 5. The molecular formula is C26H30F2N2O5. The van der Waals surface area contributed by atoms with Crippen molar-refractivity contribution in [1.82, 2.24) is 4.57 Å². The van der Waals surface area contributed by atoms with E-state index in [-0.39, 0.29) is 37.5 Å². The lowest BCUT2D eigenvalue weighted by atomic mass is 9.91. The zero-order chi connectivity index (χ0) is 25.2. The Bertz CT molecular complexity index is 1310. The van der Waals surface area contributed by atoms with Gasteiger partial charge in [-0.1, -0.05) is 26.8 Å². The van der Waals surface area contributed by atoms with Crippen LogP contribution in [0.25, 0.3) is 10.9 Å². The quantitative estimate of drug-likeness (QED) is 0.468. The van der Waals surface area contributed by atoms with Crippen LogP contribution in [0.5, 0.6) is 11.5 Å². The molecule has 0 unspecified atom stereocenters. The fraction of sp³-hybridized carbons (Fsp3) is 0.423. The summed E-state index contributed by atoms with van der Waals surface area (Å²) in [6.07, 6.45) is -2.52. The molecule has 1 saturated carbocycles. The standard InChI is InChI=1S/C26H28F2N2O5.H2/c1-24(2,3)22-11-15-10-17(5-6-19(15)30(22)18(13-31)14-32)29-23(33)25(8-9-25)16-4-7-20-21(12-16)35-26(27,28)34-20;/h4-7,10-12,18,31-32H,8-9,13-14H2,1-3H3,(H,29,33);1H. The van der Waals surface area contributed by atoms with E-state index in [1.165, 1.54) is 12.1 Å². The molecule has 0 spiro atoms. The van der Waals surface area contributed by atoms with E-state index in [2.05, 4.69) is 35.6 Å². The second kappa shape index (κ2) is 7.93. The van der Waals surface area contributed by atoms with Crippen LogP contribution in [0.4, 0.5) is 14.5 Å². The third-order valence-corrected chi connectivity index (χ3v) is 6.79. The molecule has 2 heterocycles. The zero-order valence-corrected chi connectivity index (χ0v) is 19.8. The van der Waals surface area contributed by atoms with E-state index < -0.39 is 17.8 Å². The molecule has 1 aromatic heterocycles. The second-order valence-electron chi connectivity index (χ2n) is 10.3. The van der Waals surface area contributed by atoms with Gasteiger partial charge in [0.1, 0.15) is 0 Å². The maximum atomic E-state index is 13.4. The molecule has 0 radical (unpaired) electrons. The fourth-order valence-electron chi connectivity index (χ4n) is 4.78. The number of anilines is 1. The van der Waals surface area contributed by atoms with Crippen LogP contribution in [0.15, 0.2) is 42.5 Å². The van der Waals surface area contributed by atoms with Gasteiger partial charge in [-0.15, -0.1) is 8.78 Å². The maximum absolute atomic E-state index is 13.4. The highest BCUT2D eigenvalue weighted by Gasteiger charge is 2.52. The molecule has 1 fully saturated rings. The first-order valence-electron chi connectivity index (χ1n) is 11.6. The van der Waals surface area contributed by atoms with Crippen LogP contribution in [0.2, 0.25) is 0 Å². The summed E-state index contributed by atoms with van der Waals surface area (Å²) in [5.74, 6) is -0.350. The SMILES string of the molecule is CC(C)(C)c1cc2cc(NC(=O)C3(c4ccc5c(c4)OC(F)(F)O5)CC3)ccc2n1C(CO)CO.[HH]. The molecule has 2 aromatic carbocycles. The number of rotatable bonds is 6. The molecule has 1 amide bonds. The highest BCUT2D eigenvalue weighted by molar-refractivity contribution is 6.02. The van der Waals surface area contributed by atoms with Crippen LogP contribution in [-0.2, 0) is 15.6 Å². The van der Waals surface area contributed by atoms with E-state index in [0.717, 1.165) is 16.6 Å². The Labute approximate surface area is 202 Å². The summed E-state index contributed by atoms with van der Waals surface area (Å²) in [5.41, 5.74) is 1.96. The number of halogens is 2. The Morgan fingerprint density at radius 1 is 1.09 bits per heavy atom. The van der Waals surface area contributed by atoms with Crippen LogP contribution < -0.4 is 14.8 Å². The maximum Gasteiger partial charge on any atom is 0.586 e. The molecule has 2 aliphatic rings. The van der Waals surface area contributed by atoms with E-state index >= 15 is 0 Å². The molecule has 188 valence electrons.